The topological polar surface area (TPSA) is 30.7 Å². The molecule has 0 unspecified atom stereocenters. The summed E-state index contributed by atoms with van der Waals surface area (Å²) in [6, 6.07) is 16.6. The molecule has 4 aromatic rings. The Hall–Kier alpha value is -2.83. The fourth-order valence-electron chi connectivity index (χ4n) is 2.68. The SMILES string of the molecule is Fc1c[c-]c(-c2nnc(-c3ccc(F)c(F)c3)n2-c2ccccc2)cc1F.[Ir]. The van der Waals surface area contributed by atoms with E-state index in [1.54, 1.807) is 30.3 Å². The van der Waals surface area contributed by atoms with Gasteiger partial charge in [-0.15, -0.1) is 28.9 Å². The molecule has 0 bridgehead atoms. The summed E-state index contributed by atoms with van der Waals surface area (Å²) in [6.07, 6.45) is 0. The normalized spacial score (nSPS) is 10.6. The minimum atomic E-state index is -1.05. The van der Waals surface area contributed by atoms with E-state index in [1.165, 1.54) is 10.6 Å². The van der Waals surface area contributed by atoms with E-state index < -0.39 is 23.3 Å². The molecule has 8 heteroatoms. The molecule has 1 heterocycles. The van der Waals surface area contributed by atoms with Crippen LogP contribution in [-0.2, 0) is 20.1 Å². The van der Waals surface area contributed by atoms with Crippen molar-refractivity contribution >= 4 is 0 Å². The number of rotatable bonds is 3. The van der Waals surface area contributed by atoms with E-state index in [2.05, 4.69) is 16.3 Å². The first kappa shape index (κ1) is 19.9. The fraction of sp³-hybridized carbons (Fsp3) is 0. The van der Waals surface area contributed by atoms with Gasteiger partial charge < -0.3 is 4.57 Å². The first-order valence-electron chi connectivity index (χ1n) is 7.88. The molecule has 28 heavy (non-hydrogen) atoms. The Morgan fingerprint density at radius 3 is 2.07 bits per heavy atom. The van der Waals surface area contributed by atoms with Crippen molar-refractivity contribution in [1.29, 1.82) is 0 Å². The zero-order valence-corrected chi connectivity index (χ0v) is 16.4. The van der Waals surface area contributed by atoms with Crippen LogP contribution in [-0.4, -0.2) is 14.8 Å². The van der Waals surface area contributed by atoms with Gasteiger partial charge in [0.15, 0.2) is 17.5 Å². The van der Waals surface area contributed by atoms with Gasteiger partial charge in [-0.3, -0.25) is 4.39 Å². The fourth-order valence-corrected chi connectivity index (χ4v) is 2.68. The number of hydrogen-bond donors (Lipinski definition) is 0. The van der Waals surface area contributed by atoms with Crippen molar-refractivity contribution in [1.82, 2.24) is 14.8 Å². The molecule has 0 amide bonds. The predicted octanol–water partition coefficient (Wildman–Crippen LogP) is 4.96. The van der Waals surface area contributed by atoms with Crippen LogP contribution in [0.1, 0.15) is 0 Å². The smallest absolute Gasteiger partial charge is 0.159 e. The summed E-state index contributed by atoms with van der Waals surface area (Å²) >= 11 is 0. The summed E-state index contributed by atoms with van der Waals surface area (Å²) in [5.41, 5.74) is 1.05. The molecule has 0 atom stereocenters. The maximum Gasteiger partial charge on any atom is 0.159 e. The van der Waals surface area contributed by atoms with Gasteiger partial charge in [0.05, 0.1) is 17.5 Å². The van der Waals surface area contributed by atoms with Gasteiger partial charge in [0.1, 0.15) is 0 Å². The van der Waals surface area contributed by atoms with Crippen molar-refractivity contribution in [2.45, 2.75) is 0 Å². The van der Waals surface area contributed by atoms with Crippen molar-refractivity contribution in [2.24, 2.45) is 0 Å². The van der Waals surface area contributed by atoms with Gasteiger partial charge >= 0.3 is 0 Å². The van der Waals surface area contributed by atoms with Gasteiger partial charge in [0.2, 0.25) is 0 Å². The Morgan fingerprint density at radius 2 is 1.39 bits per heavy atom. The molecule has 3 aromatic carbocycles. The van der Waals surface area contributed by atoms with Gasteiger partial charge in [0.25, 0.3) is 0 Å². The Balaban J connectivity index is 0.00000225. The van der Waals surface area contributed by atoms with Gasteiger partial charge in [-0.05, 0) is 30.3 Å². The summed E-state index contributed by atoms with van der Waals surface area (Å²) in [6.45, 7) is 0. The Kier molecular flexibility index (Phi) is 5.72. The van der Waals surface area contributed by atoms with Gasteiger partial charge in [0, 0.05) is 31.4 Å². The quantitative estimate of drug-likeness (QED) is 0.262. The van der Waals surface area contributed by atoms with Crippen molar-refractivity contribution < 1.29 is 37.7 Å². The number of hydrogen-bond acceptors (Lipinski definition) is 2. The Morgan fingerprint density at radius 1 is 0.714 bits per heavy atom. The molecule has 4 rings (SSSR count). The second-order valence-electron chi connectivity index (χ2n) is 5.69. The third-order valence-electron chi connectivity index (χ3n) is 3.95. The summed E-state index contributed by atoms with van der Waals surface area (Å²) in [5, 5.41) is 8.09. The molecular formula is C20H10F4IrN3-. The summed E-state index contributed by atoms with van der Waals surface area (Å²) in [5.74, 6) is -3.71. The van der Waals surface area contributed by atoms with Gasteiger partial charge in [-0.25, -0.2) is 13.2 Å². The number of aromatic nitrogens is 3. The van der Waals surface area contributed by atoms with Crippen LogP contribution in [0.2, 0.25) is 0 Å². The molecule has 0 aliphatic heterocycles. The van der Waals surface area contributed by atoms with Crippen LogP contribution in [0.25, 0.3) is 28.5 Å². The van der Waals surface area contributed by atoms with Gasteiger partial charge in [-0.2, -0.15) is 5.10 Å². The van der Waals surface area contributed by atoms with Crippen LogP contribution in [0, 0.1) is 29.3 Å². The van der Waals surface area contributed by atoms with Crippen LogP contribution < -0.4 is 0 Å². The van der Waals surface area contributed by atoms with Crippen molar-refractivity contribution in [3.8, 4) is 28.5 Å². The number of para-hydroxylation sites is 1. The molecule has 1 radical (unpaired) electrons. The van der Waals surface area contributed by atoms with E-state index in [9.17, 15) is 17.6 Å². The van der Waals surface area contributed by atoms with Crippen molar-refractivity contribution in [3.05, 3.63) is 90.0 Å². The summed E-state index contributed by atoms with van der Waals surface area (Å²) < 4.78 is 55.5. The predicted molar refractivity (Wildman–Crippen MR) is 90.9 cm³/mol. The second-order valence-corrected chi connectivity index (χ2v) is 5.69. The van der Waals surface area contributed by atoms with E-state index >= 15 is 0 Å². The maximum atomic E-state index is 13.7. The molecule has 0 N–H and O–H groups in total. The minimum Gasteiger partial charge on any atom is -0.316 e. The summed E-state index contributed by atoms with van der Waals surface area (Å²) in [7, 11) is 0. The molecule has 143 valence electrons. The van der Waals surface area contributed by atoms with Crippen LogP contribution in [0.3, 0.4) is 0 Å². The van der Waals surface area contributed by atoms with Crippen molar-refractivity contribution in [3.63, 3.8) is 0 Å². The number of benzene rings is 3. The van der Waals surface area contributed by atoms with E-state index in [0.717, 1.165) is 24.3 Å². The van der Waals surface area contributed by atoms with E-state index in [0.29, 0.717) is 5.69 Å². The molecule has 0 aliphatic carbocycles. The molecular weight excluding hydrogens is 550 g/mol. The molecule has 0 saturated carbocycles. The number of nitrogens with zero attached hydrogens (tertiary/aromatic N) is 3. The molecule has 1 aromatic heterocycles. The number of halogens is 4. The van der Waals surface area contributed by atoms with Crippen LogP contribution in [0.4, 0.5) is 17.6 Å². The molecule has 0 fully saturated rings. The first-order valence-corrected chi connectivity index (χ1v) is 7.88. The minimum absolute atomic E-state index is 0. The average Bonchev–Trinajstić information content (AvgIpc) is 3.12. The second kappa shape index (κ2) is 8.04. The van der Waals surface area contributed by atoms with Crippen LogP contribution in [0.5, 0.6) is 0 Å². The van der Waals surface area contributed by atoms with Crippen LogP contribution >= 0.6 is 0 Å². The van der Waals surface area contributed by atoms with E-state index in [-0.39, 0.29) is 42.9 Å². The maximum absolute atomic E-state index is 13.7. The van der Waals surface area contributed by atoms with E-state index in [1.807, 2.05) is 0 Å². The average molecular weight is 561 g/mol. The van der Waals surface area contributed by atoms with Crippen LogP contribution in [0.15, 0.2) is 60.7 Å². The van der Waals surface area contributed by atoms with Crippen molar-refractivity contribution in [2.75, 3.05) is 0 Å². The van der Waals surface area contributed by atoms with E-state index in [4.69, 9.17) is 0 Å². The summed E-state index contributed by atoms with van der Waals surface area (Å²) in [4.78, 5) is 0. The third-order valence-corrected chi connectivity index (χ3v) is 3.95. The first-order chi connectivity index (χ1) is 13.0. The molecule has 0 saturated heterocycles. The third kappa shape index (κ3) is 3.61. The Labute approximate surface area is 171 Å². The largest absolute Gasteiger partial charge is 0.316 e. The monoisotopic (exact) mass is 561 g/mol. The molecule has 0 aliphatic rings. The molecule has 3 nitrogen and oxygen atoms in total. The van der Waals surface area contributed by atoms with Gasteiger partial charge in [-0.1, -0.05) is 18.2 Å². The Bertz CT molecular complexity index is 1060. The zero-order valence-electron chi connectivity index (χ0n) is 14.0. The zero-order chi connectivity index (χ0) is 19.0. The molecule has 0 spiro atoms. The standard InChI is InChI=1S/C20H10F4N3.Ir/c21-15-8-6-12(10-17(15)23)19-25-26-20(13-7-9-16(22)18(24)11-13)27(19)14-4-2-1-3-5-14;/h1-6,8-11H;/q-1;.